The van der Waals surface area contributed by atoms with Gasteiger partial charge < -0.3 is 14.5 Å². The minimum absolute atomic E-state index is 0.399. The summed E-state index contributed by atoms with van der Waals surface area (Å²) in [6.45, 7) is 0. The van der Waals surface area contributed by atoms with E-state index in [0.29, 0.717) is 16.7 Å². The second-order valence-electron chi connectivity index (χ2n) is 5.06. The van der Waals surface area contributed by atoms with Crippen LogP contribution in [0.1, 0.15) is 5.76 Å². The molecule has 7 heteroatoms. The topological polar surface area (TPSA) is 73.1 Å². The molecule has 1 aliphatic rings. The zero-order valence-electron chi connectivity index (χ0n) is 12.8. The van der Waals surface area contributed by atoms with Crippen molar-refractivity contribution in [1.82, 2.24) is 15.2 Å². The molecule has 3 heterocycles. The van der Waals surface area contributed by atoms with Crippen molar-refractivity contribution in [2.45, 2.75) is 11.4 Å². The SMILES string of the molecule is CSc1nnc2c(n1)O[C@H](/C=C/c1ccco1)Nc1ccccc1-2. The van der Waals surface area contributed by atoms with E-state index in [9.17, 15) is 0 Å². The first-order valence-corrected chi connectivity index (χ1v) is 8.59. The molecule has 0 saturated heterocycles. The van der Waals surface area contributed by atoms with Crippen LogP contribution in [0.2, 0.25) is 0 Å². The maximum absolute atomic E-state index is 6.01. The molecule has 24 heavy (non-hydrogen) atoms. The molecule has 0 spiro atoms. The molecule has 6 nitrogen and oxygen atoms in total. The summed E-state index contributed by atoms with van der Waals surface area (Å²) in [5.74, 6) is 1.21. The van der Waals surface area contributed by atoms with Crippen LogP contribution >= 0.6 is 11.8 Å². The third kappa shape index (κ3) is 2.85. The third-order valence-corrected chi connectivity index (χ3v) is 4.05. The maximum Gasteiger partial charge on any atom is 0.247 e. The predicted molar refractivity (Wildman–Crippen MR) is 92.8 cm³/mol. The van der Waals surface area contributed by atoms with Gasteiger partial charge in [0.25, 0.3) is 0 Å². The zero-order valence-corrected chi connectivity index (χ0v) is 13.7. The van der Waals surface area contributed by atoms with E-state index >= 15 is 0 Å². The molecule has 1 atom stereocenters. The van der Waals surface area contributed by atoms with Gasteiger partial charge >= 0.3 is 0 Å². The fourth-order valence-electron chi connectivity index (χ4n) is 2.41. The van der Waals surface area contributed by atoms with E-state index in [1.807, 2.05) is 54.8 Å². The summed E-state index contributed by atoms with van der Waals surface area (Å²) < 4.78 is 11.3. The monoisotopic (exact) mass is 338 g/mol. The first kappa shape index (κ1) is 14.8. The first-order chi connectivity index (χ1) is 11.8. The lowest BCUT2D eigenvalue weighted by Gasteiger charge is -2.15. The molecule has 3 aromatic rings. The number of furan rings is 1. The number of hydrogen-bond donors (Lipinski definition) is 1. The number of hydrogen-bond acceptors (Lipinski definition) is 7. The molecular formula is C17H14N4O2S. The van der Waals surface area contributed by atoms with Gasteiger partial charge in [0.05, 0.1) is 6.26 Å². The van der Waals surface area contributed by atoms with Gasteiger partial charge in [-0.25, -0.2) is 0 Å². The molecule has 1 aliphatic heterocycles. The molecule has 0 bridgehead atoms. The molecule has 0 saturated carbocycles. The lowest BCUT2D eigenvalue weighted by molar-refractivity contribution is 0.266. The van der Waals surface area contributed by atoms with Crippen LogP contribution in [0, 0.1) is 0 Å². The van der Waals surface area contributed by atoms with E-state index in [2.05, 4.69) is 20.5 Å². The van der Waals surface area contributed by atoms with Crippen molar-refractivity contribution in [2.24, 2.45) is 0 Å². The summed E-state index contributed by atoms with van der Waals surface area (Å²) in [6, 6.07) is 11.6. The highest BCUT2D eigenvalue weighted by atomic mass is 32.2. The Morgan fingerprint density at radius 2 is 2.08 bits per heavy atom. The molecule has 120 valence electrons. The van der Waals surface area contributed by atoms with E-state index in [1.54, 1.807) is 6.26 Å². The Kier molecular flexibility index (Phi) is 3.92. The predicted octanol–water partition coefficient (Wildman–Crippen LogP) is 3.70. The van der Waals surface area contributed by atoms with Gasteiger partial charge in [-0.05, 0) is 36.6 Å². The molecule has 1 N–H and O–H groups in total. The number of fused-ring (bicyclic) bond motifs is 3. The summed E-state index contributed by atoms with van der Waals surface area (Å²) >= 11 is 1.42. The number of rotatable bonds is 3. The minimum atomic E-state index is -0.399. The number of anilines is 1. The van der Waals surface area contributed by atoms with E-state index < -0.39 is 6.23 Å². The van der Waals surface area contributed by atoms with Gasteiger partial charge in [-0.15, -0.1) is 10.2 Å². The van der Waals surface area contributed by atoms with Gasteiger partial charge in [0.15, 0.2) is 11.9 Å². The lowest BCUT2D eigenvalue weighted by atomic mass is 10.1. The molecule has 0 unspecified atom stereocenters. The van der Waals surface area contributed by atoms with Crippen molar-refractivity contribution in [3.63, 3.8) is 0 Å². The lowest BCUT2D eigenvalue weighted by Crippen LogP contribution is -2.23. The van der Waals surface area contributed by atoms with Gasteiger partial charge in [-0.3, -0.25) is 0 Å². The Labute approximate surface area is 143 Å². The van der Waals surface area contributed by atoms with Gasteiger partial charge in [-0.2, -0.15) is 4.98 Å². The molecular weight excluding hydrogens is 324 g/mol. The van der Waals surface area contributed by atoms with Gasteiger partial charge in [0.2, 0.25) is 11.0 Å². The summed E-state index contributed by atoms with van der Waals surface area (Å²) in [4.78, 5) is 4.46. The number of aromatic nitrogens is 3. The quantitative estimate of drug-likeness (QED) is 0.730. The number of ether oxygens (including phenoxy) is 1. The average Bonchev–Trinajstić information content (AvgIpc) is 3.08. The zero-order chi connectivity index (χ0) is 16.4. The second-order valence-corrected chi connectivity index (χ2v) is 5.83. The first-order valence-electron chi connectivity index (χ1n) is 7.36. The van der Waals surface area contributed by atoms with Crippen LogP contribution in [0.15, 0.2) is 58.3 Å². The molecule has 0 radical (unpaired) electrons. The highest BCUT2D eigenvalue weighted by Crippen LogP contribution is 2.36. The summed E-state index contributed by atoms with van der Waals surface area (Å²) in [7, 11) is 0. The highest BCUT2D eigenvalue weighted by molar-refractivity contribution is 7.98. The molecule has 4 rings (SSSR count). The normalized spacial score (nSPS) is 16.0. The van der Waals surface area contributed by atoms with Gasteiger partial charge in [0, 0.05) is 11.3 Å². The fraction of sp³-hybridized carbons (Fsp3) is 0.118. The number of nitrogens with zero attached hydrogens (tertiary/aromatic N) is 3. The Bertz CT molecular complexity index is 880. The van der Waals surface area contributed by atoms with Crippen LogP contribution in [0.25, 0.3) is 17.3 Å². The van der Waals surface area contributed by atoms with E-state index in [4.69, 9.17) is 9.15 Å². The third-order valence-electron chi connectivity index (χ3n) is 3.51. The van der Waals surface area contributed by atoms with E-state index in [1.165, 1.54) is 11.8 Å². The standard InChI is InChI=1S/C17H14N4O2S/c1-24-17-19-16-15(20-21-17)12-6-2-3-7-13(12)18-14(23-16)9-8-11-5-4-10-22-11/h2-10,14,18H,1H3/b9-8+/t14-/m1/s1. The van der Waals surface area contributed by atoms with Crippen molar-refractivity contribution >= 4 is 23.5 Å². The van der Waals surface area contributed by atoms with E-state index in [-0.39, 0.29) is 0 Å². The number of para-hydroxylation sites is 1. The van der Waals surface area contributed by atoms with Crippen molar-refractivity contribution in [3.05, 3.63) is 54.5 Å². The molecule has 0 aliphatic carbocycles. The van der Waals surface area contributed by atoms with Crippen LogP contribution in [-0.2, 0) is 0 Å². The maximum atomic E-state index is 6.01. The summed E-state index contributed by atoms with van der Waals surface area (Å²) in [5, 5.41) is 12.3. The van der Waals surface area contributed by atoms with Gasteiger partial charge in [-0.1, -0.05) is 30.0 Å². The number of nitrogens with one attached hydrogen (secondary N) is 1. The Morgan fingerprint density at radius 1 is 1.17 bits per heavy atom. The largest absolute Gasteiger partial charge is 0.465 e. The second kappa shape index (κ2) is 6.37. The molecule has 2 aromatic heterocycles. The van der Waals surface area contributed by atoms with Gasteiger partial charge in [0.1, 0.15) is 5.76 Å². The van der Waals surface area contributed by atoms with Crippen molar-refractivity contribution < 1.29 is 9.15 Å². The molecule has 0 amide bonds. The van der Waals surface area contributed by atoms with Crippen LogP contribution in [0.4, 0.5) is 5.69 Å². The summed E-state index contributed by atoms with van der Waals surface area (Å²) in [5.41, 5.74) is 2.46. The van der Waals surface area contributed by atoms with Crippen LogP contribution in [0.3, 0.4) is 0 Å². The van der Waals surface area contributed by atoms with E-state index in [0.717, 1.165) is 17.0 Å². The fourth-order valence-corrected chi connectivity index (χ4v) is 2.71. The molecule has 0 fully saturated rings. The van der Waals surface area contributed by atoms with Crippen molar-refractivity contribution in [2.75, 3.05) is 11.6 Å². The molecule has 1 aromatic carbocycles. The number of thioether (sulfide) groups is 1. The van der Waals surface area contributed by atoms with Crippen molar-refractivity contribution in [3.8, 4) is 17.1 Å². The minimum Gasteiger partial charge on any atom is -0.465 e. The highest BCUT2D eigenvalue weighted by Gasteiger charge is 2.23. The summed E-state index contributed by atoms with van der Waals surface area (Å²) in [6.07, 6.45) is 6.87. The Hall–Kier alpha value is -2.80. The van der Waals surface area contributed by atoms with Crippen LogP contribution in [-0.4, -0.2) is 27.7 Å². The van der Waals surface area contributed by atoms with Crippen LogP contribution < -0.4 is 10.1 Å². The van der Waals surface area contributed by atoms with Crippen LogP contribution in [0.5, 0.6) is 5.88 Å². The average molecular weight is 338 g/mol. The Balaban J connectivity index is 1.75. The van der Waals surface area contributed by atoms with Crippen molar-refractivity contribution in [1.29, 1.82) is 0 Å². The Morgan fingerprint density at radius 3 is 2.92 bits per heavy atom. The smallest absolute Gasteiger partial charge is 0.247 e. The number of benzene rings is 1.